The summed E-state index contributed by atoms with van der Waals surface area (Å²) in [6.45, 7) is 6.61. The number of halogens is 1. The number of sulfonamides is 1. The number of aryl methyl sites for hydroxylation is 1. The molecule has 0 aliphatic rings. The first-order chi connectivity index (χ1) is 9.31. The quantitative estimate of drug-likeness (QED) is 0.774. The molecule has 5 nitrogen and oxygen atoms in total. The Kier molecular flexibility index (Phi) is 6.60. The summed E-state index contributed by atoms with van der Waals surface area (Å²) in [5, 5.41) is 0. The summed E-state index contributed by atoms with van der Waals surface area (Å²) >= 11 is 3.33. The van der Waals surface area contributed by atoms with Crippen LogP contribution in [0.25, 0.3) is 0 Å². The Morgan fingerprint density at radius 3 is 2.65 bits per heavy atom. The summed E-state index contributed by atoms with van der Waals surface area (Å²) in [7, 11) is -3.59. The predicted octanol–water partition coefficient (Wildman–Crippen LogP) is 1.92. The van der Waals surface area contributed by atoms with Crippen LogP contribution in [0, 0.1) is 6.92 Å². The van der Waals surface area contributed by atoms with Gasteiger partial charge in [-0.2, -0.15) is 0 Å². The van der Waals surface area contributed by atoms with Gasteiger partial charge in [-0.1, -0.05) is 6.07 Å². The van der Waals surface area contributed by atoms with Gasteiger partial charge in [-0.05, 0) is 53.9 Å². The Morgan fingerprint density at radius 1 is 1.45 bits per heavy atom. The molecule has 0 heterocycles. The number of hydrogen-bond donors (Lipinski definition) is 2. The van der Waals surface area contributed by atoms with Gasteiger partial charge in [0.15, 0.2) is 0 Å². The molecule has 20 heavy (non-hydrogen) atoms. The van der Waals surface area contributed by atoms with Gasteiger partial charge in [0.05, 0.1) is 11.0 Å². The van der Waals surface area contributed by atoms with Crippen LogP contribution in [-0.2, 0) is 21.3 Å². The largest absolute Gasteiger partial charge is 0.377 e. The van der Waals surface area contributed by atoms with Crippen LogP contribution < -0.4 is 10.5 Å². The maximum Gasteiger partial charge on any atom is 0.241 e. The summed E-state index contributed by atoms with van der Waals surface area (Å²) in [6.07, 6.45) is -0.174. The van der Waals surface area contributed by atoms with Gasteiger partial charge in [0, 0.05) is 24.2 Å². The number of rotatable bonds is 7. The average Bonchev–Trinajstić information content (AvgIpc) is 2.39. The van der Waals surface area contributed by atoms with Crippen LogP contribution in [-0.4, -0.2) is 27.7 Å². The van der Waals surface area contributed by atoms with E-state index in [1.54, 1.807) is 6.07 Å². The predicted molar refractivity (Wildman–Crippen MR) is 83.0 cm³/mol. The zero-order valence-electron chi connectivity index (χ0n) is 11.9. The van der Waals surface area contributed by atoms with Crippen molar-refractivity contribution in [2.45, 2.75) is 38.3 Å². The van der Waals surface area contributed by atoms with E-state index in [4.69, 9.17) is 10.5 Å². The molecule has 114 valence electrons. The van der Waals surface area contributed by atoms with E-state index in [0.717, 1.165) is 11.1 Å². The number of benzene rings is 1. The number of nitrogens with two attached hydrogens (primary N) is 1. The molecule has 0 saturated carbocycles. The van der Waals surface area contributed by atoms with Gasteiger partial charge in [-0.3, -0.25) is 0 Å². The normalized spacial score (nSPS) is 13.4. The van der Waals surface area contributed by atoms with Gasteiger partial charge < -0.3 is 10.5 Å². The van der Waals surface area contributed by atoms with Gasteiger partial charge in [-0.25, -0.2) is 13.1 Å². The SMILES string of the molecule is CCOC(C)CNS(=O)(=O)c1cc(CN)cc(C)c1Br. The van der Waals surface area contributed by atoms with E-state index in [-0.39, 0.29) is 17.5 Å². The summed E-state index contributed by atoms with van der Waals surface area (Å²) in [5.41, 5.74) is 7.21. The third-order valence-electron chi connectivity index (χ3n) is 2.82. The molecule has 1 rings (SSSR count). The zero-order chi connectivity index (χ0) is 15.3. The van der Waals surface area contributed by atoms with Gasteiger partial charge in [0.25, 0.3) is 0 Å². The van der Waals surface area contributed by atoms with Gasteiger partial charge >= 0.3 is 0 Å². The fourth-order valence-electron chi connectivity index (χ4n) is 1.77. The van der Waals surface area contributed by atoms with E-state index in [1.807, 2.05) is 26.8 Å². The lowest BCUT2D eigenvalue weighted by molar-refractivity contribution is 0.0799. The third kappa shape index (κ3) is 4.53. The summed E-state index contributed by atoms with van der Waals surface area (Å²) < 4.78 is 33.1. The smallest absolute Gasteiger partial charge is 0.241 e. The summed E-state index contributed by atoms with van der Waals surface area (Å²) in [5.74, 6) is 0. The molecule has 0 saturated heterocycles. The molecule has 1 unspecified atom stereocenters. The van der Waals surface area contributed by atoms with E-state index in [1.165, 1.54) is 0 Å². The van der Waals surface area contributed by atoms with Crippen molar-refractivity contribution >= 4 is 26.0 Å². The topological polar surface area (TPSA) is 81.4 Å². The Hall–Kier alpha value is -0.470. The number of nitrogens with one attached hydrogen (secondary N) is 1. The minimum absolute atomic E-state index is 0.174. The van der Waals surface area contributed by atoms with E-state index >= 15 is 0 Å². The molecule has 1 aromatic carbocycles. The van der Waals surface area contributed by atoms with Crippen LogP contribution in [0.2, 0.25) is 0 Å². The Labute approximate surface area is 129 Å². The van der Waals surface area contributed by atoms with Crippen LogP contribution >= 0.6 is 15.9 Å². The molecular formula is C13H21BrN2O3S. The van der Waals surface area contributed by atoms with Gasteiger partial charge in [-0.15, -0.1) is 0 Å². The van der Waals surface area contributed by atoms with Gasteiger partial charge in [0.1, 0.15) is 0 Å². The highest BCUT2D eigenvalue weighted by Gasteiger charge is 2.20. The van der Waals surface area contributed by atoms with E-state index < -0.39 is 10.0 Å². The van der Waals surface area contributed by atoms with Crippen molar-refractivity contribution in [3.8, 4) is 0 Å². The molecule has 0 fully saturated rings. The second kappa shape index (κ2) is 7.51. The first-order valence-electron chi connectivity index (χ1n) is 6.42. The number of ether oxygens (including phenoxy) is 1. The molecular weight excluding hydrogens is 344 g/mol. The van der Waals surface area contributed by atoms with Crippen molar-refractivity contribution in [1.29, 1.82) is 0 Å². The highest BCUT2D eigenvalue weighted by molar-refractivity contribution is 9.10. The molecule has 7 heteroatoms. The Morgan fingerprint density at radius 2 is 2.10 bits per heavy atom. The minimum Gasteiger partial charge on any atom is -0.377 e. The van der Waals surface area contributed by atoms with Crippen LogP contribution in [0.3, 0.4) is 0 Å². The average molecular weight is 365 g/mol. The second-order valence-electron chi connectivity index (χ2n) is 4.55. The Balaban J connectivity index is 3.00. The maximum absolute atomic E-state index is 12.3. The standard InChI is InChI=1S/C13H21BrN2O3S/c1-4-19-10(3)8-16-20(17,18)12-6-11(7-15)5-9(2)13(12)14/h5-6,10,16H,4,7-8,15H2,1-3H3. The van der Waals surface area contributed by atoms with Crippen LogP contribution in [0.15, 0.2) is 21.5 Å². The minimum atomic E-state index is -3.59. The molecule has 0 spiro atoms. The number of hydrogen-bond acceptors (Lipinski definition) is 4. The van der Waals surface area contributed by atoms with Crippen molar-refractivity contribution < 1.29 is 13.2 Å². The summed E-state index contributed by atoms with van der Waals surface area (Å²) in [6, 6.07) is 3.46. The van der Waals surface area contributed by atoms with Crippen molar-refractivity contribution in [2.75, 3.05) is 13.2 Å². The lowest BCUT2D eigenvalue weighted by Crippen LogP contribution is -2.32. The second-order valence-corrected chi connectivity index (χ2v) is 7.08. The molecule has 0 amide bonds. The zero-order valence-corrected chi connectivity index (χ0v) is 14.3. The lowest BCUT2D eigenvalue weighted by atomic mass is 10.1. The molecule has 1 atom stereocenters. The van der Waals surface area contributed by atoms with E-state index in [2.05, 4.69) is 20.7 Å². The van der Waals surface area contributed by atoms with E-state index in [0.29, 0.717) is 17.6 Å². The lowest BCUT2D eigenvalue weighted by Gasteiger charge is -2.15. The molecule has 0 aromatic heterocycles. The maximum atomic E-state index is 12.3. The van der Waals surface area contributed by atoms with Gasteiger partial charge in [0.2, 0.25) is 10.0 Å². The van der Waals surface area contributed by atoms with E-state index in [9.17, 15) is 8.42 Å². The van der Waals surface area contributed by atoms with Crippen LogP contribution in [0.4, 0.5) is 0 Å². The van der Waals surface area contributed by atoms with Crippen molar-refractivity contribution in [1.82, 2.24) is 4.72 Å². The highest BCUT2D eigenvalue weighted by Crippen LogP contribution is 2.27. The fraction of sp³-hybridized carbons (Fsp3) is 0.538. The van der Waals surface area contributed by atoms with Crippen molar-refractivity contribution in [3.63, 3.8) is 0 Å². The highest BCUT2D eigenvalue weighted by atomic mass is 79.9. The first kappa shape index (κ1) is 17.6. The van der Waals surface area contributed by atoms with Crippen molar-refractivity contribution in [2.24, 2.45) is 5.73 Å². The van der Waals surface area contributed by atoms with Crippen LogP contribution in [0.5, 0.6) is 0 Å². The van der Waals surface area contributed by atoms with Crippen LogP contribution in [0.1, 0.15) is 25.0 Å². The molecule has 3 N–H and O–H groups in total. The first-order valence-corrected chi connectivity index (χ1v) is 8.69. The monoisotopic (exact) mass is 364 g/mol. The molecule has 1 aromatic rings. The Bertz CT molecular complexity index is 561. The molecule has 0 aliphatic carbocycles. The molecule has 0 bridgehead atoms. The third-order valence-corrected chi connectivity index (χ3v) is 5.58. The summed E-state index contributed by atoms with van der Waals surface area (Å²) in [4.78, 5) is 0.210. The van der Waals surface area contributed by atoms with Crippen molar-refractivity contribution in [3.05, 3.63) is 27.7 Å². The molecule has 0 aliphatic heterocycles. The molecule has 0 radical (unpaired) electrons. The fourth-order valence-corrected chi connectivity index (χ4v) is 3.95.